The molecule has 0 amide bonds. The van der Waals surface area contributed by atoms with E-state index in [-0.39, 0.29) is 11.5 Å². The molecule has 1 unspecified atom stereocenters. The largest absolute Gasteiger partial charge is 0.346 e. The van der Waals surface area contributed by atoms with E-state index in [2.05, 4.69) is 25.1 Å². The molecule has 1 atom stereocenters. The van der Waals surface area contributed by atoms with E-state index >= 15 is 0 Å². The predicted octanol–water partition coefficient (Wildman–Crippen LogP) is 3.80. The van der Waals surface area contributed by atoms with Crippen molar-refractivity contribution in [3.05, 3.63) is 57.3 Å². The van der Waals surface area contributed by atoms with Gasteiger partial charge in [0.15, 0.2) is 0 Å². The van der Waals surface area contributed by atoms with Gasteiger partial charge >= 0.3 is 0 Å². The Labute approximate surface area is 181 Å². The molecule has 5 rings (SSSR count). The summed E-state index contributed by atoms with van der Waals surface area (Å²) in [7, 11) is 0. The van der Waals surface area contributed by atoms with Crippen LogP contribution in [-0.2, 0) is 6.42 Å². The number of halogens is 1. The Morgan fingerprint density at radius 3 is 2.90 bits per heavy atom. The molecule has 1 aliphatic rings. The molecule has 154 valence electrons. The number of aromatic nitrogens is 5. The van der Waals surface area contributed by atoms with E-state index in [9.17, 15) is 4.79 Å². The van der Waals surface area contributed by atoms with Crippen LogP contribution in [0.25, 0.3) is 16.3 Å². The highest BCUT2D eigenvalue weighted by Crippen LogP contribution is 2.32. The SMILES string of the molecule is CCc1cc(=O)n2nc(N3CCCC(c4nc(-c5ccc(Cl)cc5)no4)C3)sc2n1. The number of hydrogen-bond acceptors (Lipinski definition) is 8. The van der Waals surface area contributed by atoms with Gasteiger partial charge in [0.05, 0.1) is 5.92 Å². The van der Waals surface area contributed by atoms with Gasteiger partial charge in [-0.25, -0.2) is 4.98 Å². The first-order chi connectivity index (χ1) is 14.6. The van der Waals surface area contributed by atoms with Crippen LogP contribution in [0, 0.1) is 0 Å². The first kappa shape index (κ1) is 19.2. The quantitative estimate of drug-likeness (QED) is 0.474. The smallest absolute Gasteiger partial charge is 0.275 e. The number of anilines is 1. The van der Waals surface area contributed by atoms with Gasteiger partial charge in [-0.2, -0.15) is 9.50 Å². The van der Waals surface area contributed by atoms with Crippen LogP contribution in [0.2, 0.25) is 5.02 Å². The van der Waals surface area contributed by atoms with Crippen molar-refractivity contribution in [1.29, 1.82) is 0 Å². The van der Waals surface area contributed by atoms with Crippen LogP contribution >= 0.6 is 22.9 Å². The molecule has 1 aromatic carbocycles. The summed E-state index contributed by atoms with van der Waals surface area (Å²) in [5.74, 6) is 1.28. The zero-order chi connectivity index (χ0) is 20.7. The molecule has 30 heavy (non-hydrogen) atoms. The number of benzene rings is 1. The fourth-order valence-electron chi connectivity index (χ4n) is 3.62. The molecule has 1 aliphatic heterocycles. The molecule has 0 N–H and O–H groups in total. The predicted molar refractivity (Wildman–Crippen MR) is 115 cm³/mol. The van der Waals surface area contributed by atoms with Crippen molar-refractivity contribution in [2.75, 3.05) is 18.0 Å². The summed E-state index contributed by atoms with van der Waals surface area (Å²) in [5, 5.41) is 10.1. The monoisotopic (exact) mass is 442 g/mol. The minimum Gasteiger partial charge on any atom is -0.346 e. The third-order valence-electron chi connectivity index (χ3n) is 5.23. The normalized spacial score (nSPS) is 17.0. The lowest BCUT2D eigenvalue weighted by Gasteiger charge is -2.30. The zero-order valence-electron chi connectivity index (χ0n) is 16.3. The van der Waals surface area contributed by atoms with Crippen molar-refractivity contribution in [3.63, 3.8) is 0 Å². The highest BCUT2D eigenvalue weighted by Gasteiger charge is 2.28. The summed E-state index contributed by atoms with van der Waals surface area (Å²) in [6.45, 7) is 3.56. The average molecular weight is 443 g/mol. The van der Waals surface area contributed by atoms with E-state index in [1.807, 2.05) is 31.2 Å². The summed E-state index contributed by atoms with van der Waals surface area (Å²) >= 11 is 7.39. The summed E-state index contributed by atoms with van der Waals surface area (Å²) in [4.78, 5) is 24.2. The van der Waals surface area contributed by atoms with Crippen molar-refractivity contribution < 1.29 is 4.52 Å². The number of rotatable bonds is 4. The van der Waals surface area contributed by atoms with Gasteiger partial charge in [-0.05, 0) is 43.5 Å². The third-order valence-corrected chi connectivity index (χ3v) is 6.46. The topological polar surface area (TPSA) is 89.4 Å². The molecule has 0 saturated carbocycles. The molecule has 10 heteroatoms. The molecular formula is C20H19ClN6O2S. The molecule has 0 bridgehead atoms. The molecule has 0 radical (unpaired) electrons. The van der Waals surface area contributed by atoms with Gasteiger partial charge in [0.1, 0.15) is 0 Å². The Morgan fingerprint density at radius 1 is 1.27 bits per heavy atom. The lowest BCUT2D eigenvalue weighted by molar-refractivity contribution is 0.333. The van der Waals surface area contributed by atoms with Crippen LogP contribution in [0.15, 0.2) is 39.6 Å². The van der Waals surface area contributed by atoms with E-state index in [1.165, 1.54) is 15.9 Å². The maximum Gasteiger partial charge on any atom is 0.275 e. The van der Waals surface area contributed by atoms with Crippen molar-refractivity contribution >= 4 is 33.0 Å². The lowest BCUT2D eigenvalue weighted by atomic mass is 9.98. The van der Waals surface area contributed by atoms with Crippen LogP contribution in [0.5, 0.6) is 0 Å². The summed E-state index contributed by atoms with van der Waals surface area (Å²) in [6, 6.07) is 8.91. The number of fused-ring (bicyclic) bond motifs is 1. The maximum absolute atomic E-state index is 12.3. The number of piperidine rings is 1. The molecule has 0 spiro atoms. The molecule has 1 fully saturated rings. The minimum atomic E-state index is -0.141. The van der Waals surface area contributed by atoms with Crippen LogP contribution in [0.3, 0.4) is 0 Å². The molecule has 4 aromatic rings. The van der Waals surface area contributed by atoms with E-state index < -0.39 is 0 Å². The molecular weight excluding hydrogens is 424 g/mol. The Bertz CT molecular complexity index is 1250. The number of aryl methyl sites for hydroxylation is 1. The second kappa shape index (κ2) is 7.81. The Kier molecular flexibility index (Phi) is 5.00. The fraction of sp³-hybridized carbons (Fsp3) is 0.350. The van der Waals surface area contributed by atoms with Gasteiger partial charge in [-0.1, -0.05) is 35.0 Å². The highest BCUT2D eigenvalue weighted by atomic mass is 35.5. The van der Waals surface area contributed by atoms with Crippen LogP contribution in [-0.4, -0.2) is 37.8 Å². The van der Waals surface area contributed by atoms with Crippen molar-refractivity contribution in [2.45, 2.75) is 32.1 Å². The minimum absolute atomic E-state index is 0.107. The van der Waals surface area contributed by atoms with Gasteiger partial charge in [0.25, 0.3) is 5.56 Å². The summed E-state index contributed by atoms with van der Waals surface area (Å²) < 4.78 is 6.96. The molecule has 4 heterocycles. The number of hydrogen-bond donors (Lipinski definition) is 0. The Balaban J connectivity index is 1.39. The summed E-state index contributed by atoms with van der Waals surface area (Å²) in [5.41, 5.74) is 1.51. The fourth-order valence-corrected chi connectivity index (χ4v) is 4.71. The number of nitrogens with zero attached hydrogens (tertiary/aromatic N) is 6. The second-order valence-corrected chi connectivity index (χ2v) is 8.64. The zero-order valence-corrected chi connectivity index (χ0v) is 17.9. The standard InChI is InChI=1S/C20H19ClN6O2S/c1-2-15-10-16(28)27-19(22-15)30-20(24-27)26-9-3-4-13(11-26)18-23-17(25-29-18)12-5-7-14(21)8-6-12/h5-8,10,13H,2-4,9,11H2,1H3. The molecule has 8 nitrogen and oxygen atoms in total. The lowest BCUT2D eigenvalue weighted by Crippen LogP contribution is -2.34. The van der Waals surface area contributed by atoms with E-state index in [0.29, 0.717) is 28.2 Å². The van der Waals surface area contributed by atoms with Gasteiger partial charge in [0.2, 0.25) is 21.8 Å². The highest BCUT2D eigenvalue weighted by molar-refractivity contribution is 7.20. The van der Waals surface area contributed by atoms with Crippen molar-refractivity contribution in [2.24, 2.45) is 0 Å². The summed E-state index contributed by atoms with van der Waals surface area (Å²) in [6.07, 6.45) is 2.65. The van der Waals surface area contributed by atoms with Crippen molar-refractivity contribution in [1.82, 2.24) is 24.7 Å². The Morgan fingerprint density at radius 2 is 2.10 bits per heavy atom. The second-order valence-electron chi connectivity index (χ2n) is 7.27. The van der Waals surface area contributed by atoms with Gasteiger partial charge in [0, 0.05) is 35.4 Å². The first-order valence-electron chi connectivity index (χ1n) is 9.85. The van der Waals surface area contributed by atoms with E-state index in [0.717, 1.165) is 42.2 Å². The van der Waals surface area contributed by atoms with Gasteiger partial charge < -0.3 is 9.42 Å². The van der Waals surface area contributed by atoms with E-state index in [4.69, 9.17) is 16.1 Å². The van der Waals surface area contributed by atoms with Gasteiger partial charge in [-0.3, -0.25) is 4.79 Å². The van der Waals surface area contributed by atoms with E-state index in [1.54, 1.807) is 6.07 Å². The molecule has 3 aromatic heterocycles. The third kappa shape index (κ3) is 3.59. The molecule has 1 saturated heterocycles. The first-order valence-corrected chi connectivity index (χ1v) is 11.0. The van der Waals surface area contributed by atoms with Crippen molar-refractivity contribution in [3.8, 4) is 11.4 Å². The average Bonchev–Trinajstić information content (AvgIpc) is 3.42. The van der Waals surface area contributed by atoms with Crippen LogP contribution in [0.4, 0.5) is 5.13 Å². The maximum atomic E-state index is 12.3. The van der Waals surface area contributed by atoms with Crippen LogP contribution < -0.4 is 10.5 Å². The van der Waals surface area contributed by atoms with Crippen LogP contribution in [0.1, 0.15) is 37.3 Å². The van der Waals surface area contributed by atoms with Gasteiger partial charge in [-0.15, -0.1) is 5.10 Å². The Hall–Kier alpha value is -2.78. The molecule has 0 aliphatic carbocycles.